The molecule has 2 nitrogen and oxygen atoms in total. The Kier molecular flexibility index (Phi) is 3.45. The minimum Gasteiger partial charge on any atom is -0.453 e. The van der Waals surface area contributed by atoms with Gasteiger partial charge < -0.3 is 4.74 Å². The largest absolute Gasteiger partial charge is 0.453 e. The van der Waals surface area contributed by atoms with Gasteiger partial charge in [0.25, 0.3) is 0 Å². The second-order valence-corrected chi connectivity index (χ2v) is 4.80. The molecule has 0 unspecified atom stereocenters. The third-order valence-electron chi connectivity index (χ3n) is 3.56. The summed E-state index contributed by atoms with van der Waals surface area (Å²) in [5, 5.41) is 0. The van der Waals surface area contributed by atoms with E-state index in [1.165, 1.54) is 18.9 Å². The molecule has 2 aliphatic rings. The van der Waals surface area contributed by atoms with Gasteiger partial charge in [-0.05, 0) is 31.1 Å². The monoisotopic (exact) mass is 248 g/mol. The molecule has 2 saturated carbocycles. The summed E-state index contributed by atoms with van der Waals surface area (Å²) in [5.41, 5.74) is 0.974. The molecule has 17 heavy (non-hydrogen) atoms. The first-order chi connectivity index (χ1) is 7.96. The first-order valence-corrected chi connectivity index (χ1v) is 5.90. The van der Waals surface area contributed by atoms with Crippen LogP contribution in [-0.4, -0.2) is 18.8 Å². The molecule has 0 aliphatic heterocycles. The van der Waals surface area contributed by atoms with Crippen LogP contribution in [0.3, 0.4) is 0 Å². The SMILES string of the molecule is O=C(/C=C1\C[C@@H]2CCCC[C@H]12)OCC(F)(F)F. The maximum Gasteiger partial charge on any atom is 0.422 e. The summed E-state index contributed by atoms with van der Waals surface area (Å²) in [5.74, 6) is 0.203. The molecule has 0 N–H and O–H groups in total. The molecule has 0 radical (unpaired) electrons. The van der Waals surface area contributed by atoms with Crippen molar-refractivity contribution in [3.63, 3.8) is 0 Å². The molecule has 0 amide bonds. The number of fused-ring (bicyclic) bond motifs is 1. The van der Waals surface area contributed by atoms with Gasteiger partial charge >= 0.3 is 12.1 Å². The number of esters is 1. The molecule has 0 saturated heterocycles. The lowest BCUT2D eigenvalue weighted by atomic mass is 9.62. The van der Waals surface area contributed by atoms with Crippen LogP contribution in [0.15, 0.2) is 11.6 Å². The number of halogens is 3. The Labute approximate surface area is 97.8 Å². The predicted octanol–water partition coefficient (Wildman–Crippen LogP) is 3.23. The number of hydrogen-bond acceptors (Lipinski definition) is 2. The third-order valence-corrected chi connectivity index (χ3v) is 3.56. The summed E-state index contributed by atoms with van der Waals surface area (Å²) in [7, 11) is 0. The van der Waals surface area contributed by atoms with E-state index in [-0.39, 0.29) is 0 Å². The Morgan fingerprint density at radius 3 is 2.71 bits per heavy atom. The van der Waals surface area contributed by atoms with E-state index >= 15 is 0 Å². The number of carbonyl (C=O) groups excluding carboxylic acids is 1. The van der Waals surface area contributed by atoms with E-state index in [2.05, 4.69) is 4.74 Å². The van der Waals surface area contributed by atoms with Crippen molar-refractivity contribution in [2.24, 2.45) is 11.8 Å². The molecule has 5 heteroatoms. The maximum absolute atomic E-state index is 11.8. The number of rotatable bonds is 2. The summed E-state index contributed by atoms with van der Waals surface area (Å²) >= 11 is 0. The summed E-state index contributed by atoms with van der Waals surface area (Å²) in [6, 6.07) is 0. The number of allylic oxidation sites excluding steroid dienone is 1. The van der Waals surface area contributed by atoms with Crippen LogP contribution in [0.5, 0.6) is 0 Å². The quantitative estimate of drug-likeness (QED) is 0.554. The molecular formula is C12H15F3O2. The lowest BCUT2D eigenvalue weighted by Gasteiger charge is -2.43. The van der Waals surface area contributed by atoms with Gasteiger partial charge in [0.1, 0.15) is 0 Å². The van der Waals surface area contributed by atoms with Gasteiger partial charge in [-0.3, -0.25) is 0 Å². The minimum atomic E-state index is -4.44. The standard InChI is InChI=1S/C12H15F3O2/c13-12(14,15)7-17-11(16)6-9-5-8-3-1-2-4-10(8)9/h6,8,10H,1-5,7H2/b9-6+/t8-,10-/m0/s1. The van der Waals surface area contributed by atoms with E-state index in [1.807, 2.05) is 0 Å². The topological polar surface area (TPSA) is 26.3 Å². The molecule has 96 valence electrons. The van der Waals surface area contributed by atoms with E-state index in [0.29, 0.717) is 11.8 Å². The smallest absolute Gasteiger partial charge is 0.422 e. The number of hydrogen-bond donors (Lipinski definition) is 0. The minimum absolute atomic E-state index is 0.419. The fraction of sp³-hybridized carbons (Fsp3) is 0.750. The highest BCUT2D eigenvalue weighted by Gasteiger charge is 2.38. The van der Waals surface area contributed by atoms with Gasteiger partial charge in [0.05, 0.1) is 0 Å². The van der Waals surface area contributed by atoms with Crippen molar-refractivity contribution >= 4 is 5.97 Å². The van der Waals surface area contributed by atoms with Crippen LogP contribution >= 0.6 is 0 Å². The zero-order valence-corrected chi connectivity index (χ0v) is 9.43. The van der Waals surface area contributed by atoms with Crippen molar-refractivity contribution in [1.29, 1.82) is 0 Å². The van der Waals surface area contributed by atoms with Gasteiger partial charge in [-0.2, -0.15) is 13.2 Å². The van der Waals surface area contributed by atoms with Crippen LogP contribution in [0, 0.1) is 11.8 Å². The average Bonchev–Trinajstić information content (AvgIpc) is 2.22. The maximum atomic E-state index is 11.8. The van der Waals surface area contributed by atoms with Crippen molar-refractivity contribution in [2.45, 2.75) is 38.3 Å². The Morgan fingerprint density at radius 1 is 1.35 bits per heavy atom. The normalized spacial score (nSPS) is 30.6. The first kappa shape index (κ1) is 12.5. The van der Waals surface area contributed by atoms with E-state index in [1.54, 1.807) is 0 Å². The third kappa shape index (κ3) is 3.23. The Balaban J connectivity index is 1.82. The fourth-order valence-corrected chi connectivity index (χ4v) is 2.75. The van der Waals surface area contributed by atoms with Crippen LogP contribution in [0.2, 0.25) is 0 Å². The van der Waals surface area contributed by atoms with Crippen molar-refractivity contribution in [3.8, 4) is 0 Å². The number of carbonyl (C=O) groups is 1. The van der Waals surface area contributed by atoms with Crippen LogP contribution in [0.1, 0.15) is 32.1 Å². The molecule has 2 atom stereocenters. The van der Waals surface area contributed by atoms with Crippen LogP contribution in [0.4, 0.5) is 13.2 Å². The molecular weight excluding hydrogens is 233 g/mol. The van der Waals surface area contributed by atoms with Gasteiger partial charge in [-0.1, -0.05) is 18.4 Å². The van der Waals surface area contributed by atoms with Crippen molar-refractivity contribution in [1.82, 2.24) is 0 Å². The summed E-state index contributed by atoms with van der Waals surface area (Å²) in [6.45, 7) is -1.50. The van der Waals surface area contributed by atoms with Crippen molar-refractivity contribution < 1.29 is 22.7 Å². The Bertz CT molecular complexity index is 333. The van der Waals surface area contributed by atoms with Gasteiger partial charge in [0, 0.05) is 6.08 Å². The zero-order chi connectivity index (χ0) is 12.5. The van der Waals surface area contributed by atoms with Gasteiger partial charge in [-0.15, -0.1) is 0 Å². The highest BCUT2D eigenvalue weighted by atomic mass is 19.4. The highest BCUT2D eigenvalue weighted by molar-refractivity contribution is 5.83. The van der Waals surface area contributed by atoms with Crippen LogP contribution < -0.4 is 0 Å². The molecule has 2 aliphatic carbocycles. The van der Waals surface area contributed by atoms with E-state index < -0.39 is 18.8 Å². The lowest BCUT2D eigenvalue weighted by Crippen LogP contribution is -2.32. The lowest BCUT2D eigenvalue weighted by molar-refractivity contribution is -0.182. The molecule has 2 fully saturated rings. The van der Waals surface area contributed by atoms with Crippen molar-refractivity contribution in [3.05, 3.63) is 11.6 Å². The second kappa shape index (κ2) is 4.70. The van der Waals surface area contributed by atoms with Gasteiger partial charge in [-0.25, -0.2) is 4.79 Å². The number of alkyl halides is 3. The Morgan fingerprint density at radius 2 is 2.06 bits per heavy atom. The number of ether oxygens (including phenoxy) is 1. The average molecular weight is 248 g/mol. The fourth-order valence-electron chi connectivity index (χ4n) is 2.75. The molecule has 0 bridgehead atoms. The van der Waals surface area contributed by atoms with E-state index in [9.17, 15) is 18.0 Å². The molecule has 0 aromatic rings. The van der Waals surface area contributed by atoms with Crippen LogP contribution in [-0.2, 0) is 9.53 Å². The Hall–Kier alpha value is -1.00. The molecule has 0 aromatic carbocycles. The molecule has 0 heterocycles. The molecule has 0 aromatic heterocycles. The predicted molar refractivity (Wildman–Crippen MR) is 55.2 cm³/mol. The van der Waals surface area contributed by atoms with Crippen molar-refractivity contribution in [2.75, 3.05) is 6.61 Å². The molecule has 0 spiro atoms. The second-order valence-electron chi connectivity index (χ2n) is 4.80. The zero-order valence-electron chi connectivity index (χ0n) is 9.43. The van der Waals surface area contributed by atoms with E-state index in [4.69, 9.17) is 0 Å². The summed E-state index contributed by atoms with van der Waals surface area (Å²) < 4.78 is 39.6. The molecule has 2 rings (SSSR count). The van der Waals surface area contributed by atoms with E-state index in [0.717, 1.165) is 24.8 Å². The van der Waals surface area contributed by atoms with Crippen LogP contribution in [0.25, 0.3) is 0 Å². The van der Waals surface area contributed by atoms with Gasteiger partial charge in [0.15, 0.2) is 6.61 Å². The first-order valence-electron chi connectivity index (χ1n) is 5.90. The summed E-state index contributed by atoms with van der Waals surface area (Å²) in [4.78, 5) is 11.2. The summed E-state index contributed by atoms with van der Waals surface area (Å²) in [6.07, 6.45) is 2.29. The highest BCUT2D eigenvalue weighted by Crippen LogP contribution is 2.48. The van der Waals surface area contributed by atoms with Gasteiger partial charge in [0.2, 0.25) is 0 Å².